The highest BCUT2D eigenvalue weighted by Gasteiger charge is 2.49. The minimum atomic E-state index is -3.03. The van der Waals surface area contributed by atoms with Gasteiger partial charge in [-0.15, -0.1) is 0 Å². The van der Waals surface area contributed by atoms with Crippen LogP contribution in [-0.4, -0.2) is 73.8 Å². The molecule has 49 heavy (non-hydrogen) atoms. The molecule has 2 aromatic rings. The van der Waals surface area contributed by atoms with E-state index in [0.29, 0.717) is 37.1 Å². The Bertz CT molecular complexity index is 1390. The molecule has 1 aromatic heterocycles. The number of nitrogens with zero attached hydrogens (tertiary/aromatic N) is 1. The second-order valence-corrected chi connectivity index (χ2v) is 12.3. The number of carbonyl (C=O) groups is 5. The van der Waals surface area contributed by atoms with Gasteiger partial charge in [-0.2, -0.15) is 0 Å². The number of nitrogens with one attached hydrogen (secondary N) is 1. The minimum absolute atomic E-state index is 0.162. The second-order valence-electron chi connectivity index (χ2n) is 12.3. The molecule has 0 radical (unpaired) electrons. The zero-order valence-electron chi connectivity index (χ0n) is 28.4. The van der Waals surface area contributed by atoms with Crippen LogP contribution in [0.5, 0.6) is 5.88 Å². The maximum atomic E-state index is 13.4. The van der Waals surface area contributed by atoms with Gasteiger partial charge in [0.2, 0.25) is 11.8 Å². The fourth-order valence-corrected chi connectivity index (χ4v) is 5.44. The number of unbranched alkanes of at least 4 members (excludes halogenated alkanes) is 8. The van der Waals surface area contributed by atoms with Crippen molar-refractivity contribution in [2.75, 3.05) is 7.11 Å². The summed E-state index contributed by atoms with van der Waals surface area (Å²) in [4.78, 5) is 65.4. The van der Waals surface area contributed by atoms with Crippen LogP contribution in [0.3, 0.4) is 0 Å². The molecule has 0 aliphatic rings. The van der Waals surface area contributed by atoms with E-state index in [2.05, 4.69) is 17.2 Å². The van der Waals surface area contributed by atoms with Crippen molar-refractivity contribution in [2.24, 2.45) is 5.92 Å². The third kappa shape index (κ3) is 14.2. The van der Waals surface area contributed by atoms with Crippen LogP contribution in [0.1, 0.15) is 96.0 Å². The molecule has 0 spiro atoms. The van der Waals surface area contributed by atoms with Gasteiger partial charge < -0.3 is 30.5 Å². The summed E-state index contributed by atoms with van der Waals surface area (Å²) in [6, 6.07) is 8.90. The first-order valence-electron chi connectivity index (χ1n) is 16.9. The van der Waals surface area contributed by atoms with Crippen LogP contribution in [0.4, 0.5) is 0 Å². The average molecular weight is 683 g/mol. The number of hydrogen-bond donors (Lipinski definition) is 5. The Morgan fingerprint density at radius 3 is 2.00 bits per heavy atom. The molecule has 0 fully saturated rings. The monoisotopic (exact) mass is 682 g/mol. The van der Waals surface area contributed by atoms with E-state index in [0.717, 1.165) is 62.1 Å². The summed E-state index contributed by atoms with van der Waals surface area (Å²) >= 11 is 0. The molecular formula is C37H50N2O10. The molecule has 0 aliphatic heterocycles. The van der Waals surface area contributed by atoms with E-state index in [1.807, 2.05) is 6.07 Å². The average Bonchev–Trinajstić information content (AvgIpc) is 3.07. The van der Waals surface area contributed by atoms with Gasteiger partial charge in [0.25, 0.3) is 0 Å². The molecule has 0 bridgehead atoms. The van der Waals surface area contributed by atoms with Crippen LogP contribution in [0, 0.1) is 5.92 Å². The van der Waals surface area contributed by atoms with E-state index in [-0.39, 0.29) is 12.2 Å². The number of amides is 1. The molecule has 12 nitrogen and oxygen atoms in total. The Labute approximate surface area is 287 Å². The number of allylic oxidation sites excluding steroid dienone is 1. The number of aliphatic carboxylic acids is 3. The van der Waals surface area contributed by atoms with Crippen molar-refractivity contribution in [2.45, 2.75) is 108 Å². The van der Waals surface area contributed by atoms with Crippen molar-refractivity contribution in [3.8, 4) is 17.0 Å². The maximum Gasteiger partial charge on any atom is 0.337 e. The number of hydrogen-bond acceptors (Lipinski definition) is 8. The summed E-state index contributed by atoms with van der Waals surface area (Å²) in [7, 11) is 1.51. The SMILES string of the molecule is CCCCCCCC(=O)CCCCCCC=C[C@H](C(=O)N[C@@H](Cc1ccc(-c2ccc(OC)nc2)cc1)C(=O)O)[C@@](O)(CC(=O)O)C(=O)O. The largest absolute Gasteiger partial charge is 0.481 e. The highest BCUT2D eigenvalue weighted by atomic mass is 16.5. The fourth-order valence-electron chi connectivity index (χ4n) is 5.44. The van der Waals surface area contributed by atoms with Gasteiger partial charge >= 0.3 is 17.9 Å². The number of carboxylic acids is 3. The van der Waals surface area contributed by atoms with Crippen LogP contribution < -0.4 is 10.1 Å². The molecule has 0 saturated carbocycles. The molecule has 2 rings (SSSR count). The zero-order chi connectivity index (χ0) is 36.2. The number of aliphatic hydroxyl groups is 1. The van der Waals surface area contributed by atoms with E-state index >= 15 is 0 Å². The number of carbonyl (C=O) groups excluding carboxylic acids is 2. The Balaban J connectivity index is 2.03. The van der Waals surface area contributed by atoms with Crippen molar-refractivity contribution in [3.63, 3.8) is 0 Å². The molecule has 0 unspecified atom stereocenters. The Morgan fingerprint density at radius 2 is 1.47 bits per heavy atom. The lowest BCUT2D eigenvalue weighted by molar-refractivity contribution is -0.172. The number of Topliss-reactive ketones (excluding diaryl/α,β-unsaturated/α-hetero) is 1. The number of ether oxygens (including phenoxy) is 1. The van der Waals surface area contributed by atoms with Gasteiger partial charge in [-0.05, 0) is 42.9 Å². The van der Waals surface area contributed by atoms with Crippen LogP contribution in [0.25, 0.3) is 11.1 Å². The smallest absolute Gasteiger partial charge is 0.337 e. The van der Waals surface area contributed by atoms with Gasteiger partial charge in [0, 0.05) is 37.1 Å². The molecule has 1 amide bonds. The van der Waals surface area contributed by atoms with E-state index < -0.39 is 47.8 Å². The van der Waals surface area contributed by atoms with Crippen molar-refractivity contribution < 1.29 is 49.1 Å². The number of aromatic nitrogens is 1. The van der Waals surface area contributed by atoms with Gasteiger partial charge in [0.05, 0.1) is 19.4 Å². The van der Waals surface area contributed by atoms with E-state index in [9.17, 15) is 44.4 Å². The predicted molar refractivity (Wildman–Crippen MR) is 183 cm³/mol. The summed E-state index contributed by atoms with van der Waals surface area (Å²) in [6.45, 7) is 2.15. The molecule has 1 aromatic carbocycles. The number of benzene rings is 1. The molecule has 0 saturated heterocycles. The van der Waals surface area contributed by atoms with Crippen molar-refractivity contribution in [1.82, 2.24) is 10.3 Å². The maximum absolute atomic E-state index is 13.4. The lowest BCUT2D eigenvalue weighted by atomic mass is 9.82. The lowest BCUT2D eigenvalue weighted by Crippen LogP contribution is -2.55. The number of pyridine rings is 1. The van der Waals surface area contributed by atoms with Gasteiger partial charge in [-0.25, -0.2) is 14.6 Å². The topological polar surface area (TPSA) is 200 Å². The summed E-state index contributed by atoms with van der Waals surface area (Å²) in [5.41, 5.74) is -0.866. The van der Waals surface area contributed by atoms with Crippen LogP contribution in [-0.2, 0) is 30.4 Å². The van der Waals surface area contributed by atoms with Crippen LogP contribution >= 0.6 is 0 Å². The second kappa shape index (κ2) is 21.4. The van der Waals surface area contributed by atoms with Crippen molar-refractivity contribution in [3.05, 3.63) is 60.3 Å². The number of carboxylic acid groups (broad SMARTS) is 3. The highest BCUT2D eigenvalue weighted by molar-refractivity contribution is 5.94. The number of ketones is 1. The summed E-state index contributed by atoms with van der Waals surface area (Å²) in [5, 5.41) is 42.2. The van der Waals surface area contributed by atoms with Gasteiger partial charge in [0.1, 0.15) is 11.8 Å². The van der Waals surface area contributed by atoms with Gasteiger partial charge in [0.15, 0.2) is 5.60 Å². The molecule has 268 valence electrons. The molecule has 1 heterocycles. The summed E-state index contributed by atoms with van der Waals surface area (Å²) < 4.78 is 5.07. The first kappa shape index (κ1) is 40.6. The predicted octanol–water partition coefficient (Wildman–Crippen LogP) is 5.60. The van der Waals surface area contributed by atoms with E-state index in [1.165, 1.54) is 19.6 Å². The quantitative estimate of drug-likeness (QED) is 0.0645. The normalized spacial score (nSPS) is 13.7. The number of methoxy groups -OCH3 is 1. The highest BCUT2D eigenvalue weighted by Crippen LogP contribution is 2.26. The Morgan fingerprint density at radius 1 is 0.857 bits per heavy atom. The molecule has 12 heteroatoms. The third-order valence-electron chi connectivity index (χ3n) is 8.34. The summed E-state index contributed by atoms with van der Waals surface area (Å²) in [5.74, 6) is -7.27. The van der Waals surface area contributed by atoms with Crippen molar-refractivity contribution in [1.29, 1.82) is 0 Å². The van der Waals surface area contributed by atoms with Crippen LogP contribution in [0.2, 0.25) is 0 Å². The standard InChI is InChI=1S/C37H50N2O10/c1-3-4-5-8-11-14-29(40)15-12-9-6-7-10-13-16-30(37(48,36(46)47)24-33(41)42)34(43)39-31(35(44)45)23-26-17-19-27(20-18-26)28-21-22-32(49-2)38-25-28/h13,16-22,25,30-31,48H,3-12,14-15,23-24H2,1-2H3,(H,39,43)(H,41,42)(H,44,45)(H,46,47)/t30-,31+,37+/m1/s1. The van der Waals surface area contributed by atoms with Crippen LogP contribution in [0.15, 0.2) is 54.7 Å². The molecule has 3 atom stereocenters. The Hall–Kier alpha value is -4.58. The fraction of sp³-hybridized carbons (Fsp3) is 0.514. The first-order valence-corrected chi connectivity index (χ1v) is 16.9. The van der Waals surface area contributed by atoms with E-state index in [4.69, 9.17) is 4.74 Å². The number of rotatable bonds is 25. The molecular weight excluding hydrogens is 632 g/mol. The Kier molecular flexibility index (Phi) is 17.7. The first-order chi connectivity index (χ1) is 23.4. The summed E-state index contributed by atoms with van der Waals surface area (Å²) in [6.07, 6.45) is 12.8. The zero-order valence-corrected chi connectivity index (χ0v) is 28.4. The van der Waals surface area contributed by atoms with Gasteiger partial charge in [-0.1, -0.05) is 81.9 Å². The molecule has 5 N–H and O–H groups in total. The minimum Gasteiger partial charge on any atom is -0.481 e. The van der Waals surface area contributed by atoms with E-state index in [1.54, 1.807) is 36.5 Å². The molecule has 0 aliphatic carbocycles. The lowest BCUT2D eigenvalue weighted by Gasteiger charge is -2.29. The van der Waals surface area contributed by atoms with Gasteiger partial charge in [-0.3, -0.25) is 14.4 Å². The third-order valence-corrected chi connectivity index (χ3v) is 8.34. The van der Waals surface area contributed by atoms with Crippen molar-refractivity contribution >= 4 is 29.6 Å².